The first-order valence-electron chi connectivity index (χ1n) is 8.25. The third kappa shape index (κ3) is 5.38. The summed E-state index contributed by atoms with van der Waals surface area (Å²) in [7, 11) is -0.698. The fourth-order valence-corrected chi connectivity index (χ4v) is 4.16. The summed E-state index contributed by atoms with van der Waals surface area (Å²) in [6, 6.07) is 7.88. The van der Waals surface area contributed by atoms with Gasteiger partial charge in [-0.3, -0.25) is 9.59 Å². The Hall–Kier alpha value is -2.23. The van der Waals surface area contributed by atoms with Crippen LogP contribution in [0.5, 0.6) is 0 Å². The third-order valence-corrected chi connectivity index (χ3v) is 6.71. The van der Waals surface area contributed by atoms with Crippen LogP contribution in [0.3, 0.4) is 0 Å². The number of hydrogen-bond donors (Lipinski definition) is 2. The minimum Gasteiger partial charge on any atom is -0.348 e. The smallest absolute Gasteiger partial charge is 0.242 e. The van der Waals surface area contributed by atoms with Gasteiger partial charge in [-0.2, -0.15) is 0 Å². The monoisotopic (exact) mass is 409 g/mol. The van der Waals surface area contributed by atoms with Crippen LogP contribution in [0.2, 0.25) is 0 Å². The number of benzene rings is 1. The average molecular weight is 410 g/mol. The van der Waals surface area contributed by atoms with Crippen molar-refractivity contribution in [1.29, 1.82) is 0 Å². The van der Waals surface area contributed by atoms with Crippen molar-refractivity contribution in [3.63, 3.8) is 0 Å². The van der Waals surface area contributed by atoms with Gasteiger partial charge in [0.25, 0.3) is 0 Å². The number of hydrogen-bond acceptors (Lipinski definition) is 5. The lowest BCUT2D eigenvalue weighted by molar-refractivity contribution is -0.120. The second kappa shape index (κ2) is 8.64. The highest BCUT2D eigenvalue weighted by molar-refractivity contribution is 7.89. The summed E-state index contributed by atoms with van der Waals surface area (Å²) in [5.41, 5.74) is 1.17. The van der Waals surface area contributed by atoms with Crippen molar-refractivity contribution in [2.24, 2.45) is 0 Å². The van der Waals surface area contributed by atoms with Crippen LogP contribution in [-0.2, 0) is 19.6 Å². The van der Waals surface area contributed by atoms with Crippen molar-refractivity contribution in [3.8, 4) is 0 Å². The molecule has 1 atom stereocenters. The lowest BCUT2D eigenvalue weighted by atomic mass is 10.1. The Morgan fingerprint density at radius 3 is 2.48 bits per heavy atom. The standard InChI is InChI=1S/C18H23N3O4S2/c1-12-7-8-14(27(24,25)21(3)4)10-15(12)20-18(23)11-16(19-13(2)22)17-6-5-9-26-17/h5-10,16H,11H2,1-4H3,(H,19,22)(H,20,23)/t16-/m1/s1. The van der Waals surface area contributed by atoms with E-state index in [-0.39, 0.29) is 23.1 Å². The van der Waals surface area contributed by atoms with Crippen LogP contribution in [-0.4, -0.2) is 38.6 Å². The molecule has 0 unspecified atom stereocenters. The first-order chi connectivity index (χ1) is 12.6. The van der Waals surface area contributed by atoms with Gasteiger partial charge in [0.1, 0.15) is 0 Å². The molecule has 0 fully saturated rings. The fraction of sp³-hybridized carbons (Fsp3) is 0.333. The molecule has 0 saturated heterocycles. The number of amides is 2. The van der Waals surface area contributed by atoms with E-state index in [0.717, 1.165) is 14.7 Å². The molecule has 9 heteroatoms. The molecule has 0 aliphatic rings. The van der Waals surface area contributed by atoms with Gasteiger partial charge in [-0.1, -0.05) is 12.1 Å². The topological polar surface area (TPSA) is 95.6 Å². The quantitative estimate of drug-likeness (QED) is 0.734. The summed E-state index contributed by atoms with van der Waals surface area (Å²) in [6.45, 7) is 3.19. The van der Waals surface area contributed by atoms with E-state index in [0.29, 0.717) is 5.69 Å². The van der Waals surface area contributed by atoms with Crippen LogP contribution in [0.4, 0.5) is 5.69 Å². The lowest BCUT2D eigenvalue weighted by Crippen LogP contribution is -2.29. The highest BCUT2D eigenvalue weighted by Gasteiger charge is 2.21. The molecule has 2 amide bonds. The Kier molecular flexibility index (Phi) is 6.74. The predicted octanol–water partition coefficient (Wildman–Crippen LogP) is 2.51. The van der Waals surface area contributed by atoms with Crippen molar-refractivity contribution in [2.75, 3.05) is 19.4 Å². The Bertz CT molecular complexity index is 922. The number of aryl methyl sites for hydroxylation is 1. The number of thiophene rings is 1. The van der Waals surface area contributed by atoms with Crippen molar-refractivity contribution in [3.05, 3.63) is 46.2 Å². The third-order valence-electron chi connectivity index (χ3n) is 3.92. The lowest BCUT2D eigenvalue weighted by Gasteiger charge is -2.18. The zero-order valence-electron chi connectivity index (χ0n) is 15.6. The van der Waals surface area contributed by atoms with Crippen LogP contribution < -0.4 is 10.6 Å². The van der Waals surface area contributed by atoms with Gasteiger partial charge in [0.15, 0.2) is 0 Å². The predicted molar refractivity (Wildman–Crippen MR) is 106 cm³/mol. The number of carbonyl (C=O) groups is 2. The summed E-state index contributed by atoms with van der Waals surface area (Å²) < 4.78 is 25.7. The summed E-state index contributed by atoms with van der Waals surface area (Å²) in [5, 5.41) is 7.41. The second-order valence-electron chi connectivity index (χ2n) is 6.28. The molecule has 0 aliphatic carbocycles. The number of anilines is 1. The van der Waals surface area contributed by atoms with Crippen LogP contribution in [0, 0.1) is 6.92 Å². The molecule has 2 aromatic rings. The highest BCUT2D eigenvalue weighted by atomic mass is 32.2. The van der Waals surface area contributed by atoms with Crippen molar-refractivity contribution in [1.82, 2.24) is 9.62 Å². The first kappa shape index (κ1) is 21.1. The summed E-state index contributed by atoms with van der Waals surface area (Å²) in [4.78, 5) is 25.0. The fourth-order valence-electron chi connectivity index (χ4n) is 2.45. The number of sulfonamides is 1. The maximum absolute atomic E-state index is 12.5. The Morgan fingerprint density at radius 1 is 1.22 bits per heavy atom. The van der Waals surface area contributed by atoms with E-state index in [1.165, 1.54) is 44.5 Å². The molecular weight excluding hydrogens is 386 g/mol. The number of nitrogens with one attached hydrogen (secondary N) is 2. The minimum atomic E-state index is -3.60. The molecule has 1 heterocycles. The van der Waals surface area contributed by atoms with E-state index in [4.69, 9.17) is 0 Å². The van der Waals surface area contributed by atoms with Crippen LogP contribution in [0.1, 0.15) is 29.8 Å². The van der Waals surface area contributed by atoms with Gasteiger partial charge in [0, 0.05) is 31.6 Å². The van der Waals surface area contributed by atoms with Gasteiger partial charge >= 0.3 is 0 Å². The molecule has 1 aromatic carbocycles. The molecule has 0 saturated carbocycles. The number of carbonyl (C=O) groups excluding carboxylic acids is 2. The minimum absolute atomic E-state index is 0.0458. The number of nitrogens with zero attached hydrogens (tertiary/aromatic N) is 1. The van der Waals surface area contributed by atoms with Crippen molar-refractivity contribution < 1.29 is 18.0 Å². The van der Waals surface area contributed by atoms with Gasteiger partial charge in [0.05, 0.1) is 17.4 Å². The largest absolute Gasteiger partial charge is 0.348 e. The van der Waals surface area contributed by atoms with Gasteiger partial charge in [-0.15, -0.1) is 11.3 Å². The Balaban J connectivity index is 2.20. The Morgan fingerprint density at radius 2 is 1.93 bits per heavy atom. The molecule has 27 heavy (non-hydrogen) atoms. The van der Waals surface area contributed by atoms with Crippen LogP contribution >= 0.6 is 11.3 Å². The molecule has 0 radical (unpaired) electrons. The van der Waals surface area contributed by atoms with Gasteiger partial charge < -0.3 is 10.6 Å². The summed E-state index contributed by atoms with van der Waals surface area (Å²) in [5.74, 6) is -0.541. The van der Waals surface area contributed by atoms with Gasteiger partial charge in [0.2, 0.25) is 21.8 Å². The molecule has 7 nitrogen and oxygen atoms in total. The van der Waals surface area contributed by atoms with Crippen molar-refractivity contribution in [2.45, 2.75) is 31.2 Å². The number of rotatable bonds is 7. The molecule has 2 N–H and O–H groups in total. The Labute approximate surface area is 163 Å². The van der Waals surface area contributed by atoms with E-state index < -0.39 is 16.1 Å². The normalized spacial score (nSPS) is 12.6. The van der Waals surface area contributed by atoms with Crippen LogP contribution in [0.15, 0.2) is 40.6 Å². The van der Waals surface area contributed by atoms with Crippen LogP contribution in [0.25, 0.3) is 0 Å². The van der Waals surface area contributed by atoms with E-state index in [1.54, 1.807) is 13.0 Å². The van der Waals surface area contributed by atoms with Gasteiger partial charge in [-0.05, 0) is 36.1 Å². The van der Waals surface area contributed by atoms with Crippen molar-refractivity contribution >= 4 is 38.9 Å². The first-order valence-corrected chi connectivity index (χ1v) is 10.6. The summed E-state index contributed by atoms with van der Waals surface area (Å²) >= 11 is 1.45. The second-order valence-corrected chi connectivity index (χ2v) is 9.42. The van der Waals surface area contributed by atoms with E-state index in [9.17, 15) is 18.0 Å². The zero-order valence-corrected chi connectivity index (χ0v) is 17.3. The molecule has 0 spiro atoms. The molecule has 2 rings (SSSR count). The van der Waals surface area contributed by atoms with Gasteiger partial charge in [-0.25, -0.2) is 12.7 Å². The molecule has 146 valence electrons. The molecule has 1 aromatic heterocycles. The highest BCUT2D eigenvalue weighted by Crippen LogP contribution is 2.25. The molecule has 0 bridgehead atoms. The van der Waals surface area contributed by atoms with E-state index >= 15 is 0 Å². The maximum atomic E-state index is 12.5. The van der Waals surface area contributed by atoms with E-state index in [1.807, 2.05) is 17.5 Å². The SMILES string of the molecule is CC(=O)N[C@H](CC(=O)Nc1cc(S(=O)(=O)N(C)C)ccc1C)c1cccs1. The maximum Gasteiger partial charge on any atom is 0.242 e. The average Bonchev–Trinajstić information content (AvgIpc) is 3.10. The summed E-state index contributed by atoms with van der Waals surface area (Å²) in [6.07, 6.45) is 0.0458. The zero-order chi connectivity index (χ0) is 20.2. The van der Waals surface area contributed by atoms with E-state index in [2.05, 4.69) is 10.6 Å². The molecule has 0 aliphatic heterocycles. The molecular formula is C18H23N3O4S2.